The highest BCUT2D eigenvalue weighted by atomic mass is 14.3. The van der Waals surface area contributed by atoms with E-state index in [9.17, 15) is 0 Å². The van der Waals surface area contributed by atoms with Crippen molar-refractivity contribution in [1.29, 1.82) is 0 Å². The molecule has 0 saturated heterocycles. The lowest BCUT2D eigenvalue weighted by Crippen LogP contribution is -2.09. The molecule has 3 aliphatic carbocycles. The highest BCUT2D eigenvalue weighted by molar-refractivity contribution is 6.10. The van der Waals surface area contributed by atoms with E-state index in [1.165, 1.54) is 93.9 Å². The molecule has 0 fully saturated rings. The van der Waals surface area contributed by atoms with Crippen molar-refractivity contribution < 1.29 is 0 Å². The molecule has 0 aliphatic heterocycles. The van der Waals surface area contributed by atoms with E-state index in [1.54, 1.807) is 0 Å². The number of benzene rings is 7. The van der Waals surface area contributed by atoms with Crippen molar-refractivity contribution in [2.75, 3.05) is 0 Å². The first kappa shape index (κ1) is 29.2. The van der Waals surface area contributed by atoms with Gasteiger partial charge in [-0.15, -0.1) is 0 Å². The molecule has 0 nitrogen and oxygen atoms in total. The fourth-order valence-corrected chi connectivity index (χ4v) is 9.09. The number of allylic oxidation sites excluding steroid dienone is 3. The molecule has 0 saturated carbocycles. The zero-order chi connectivity index (χ0) is 33.0. The van der Waals surface area contributed by atoms with E-state index in [4.69, 9.17) is 0 Å². The lowest BCUT2D eigenvalue weighted by atomic mass is 9.76. The average molecular weight is 639 g/mol. The second kappa shape index (κ2) is 12.0. The van der Waals surface area contributed by atoms with Gasteiger partial charge in [0, 0.05) is 5.92 Å². The minimum absolute atomic E-state index is 0.306. The second-order valence-electron chi connectivity index (χ2n) is 14.1. The molecule has 0 radical (unpaired) electrons. The zero-order valence-corrected chi connectivity index (χ0v) is 28.2. The van der Waals surface area contributed by atoms with Crippen molar-refractivity contribution >= 4 is 39.3 Å². The zero-order valence-electron chi connectivity index (χ0n) is 28.2. The topological polar surface area (TPSA) is 0 Å². The van der Waals surface area contributed by atoms with Gasteiger partial charge in [-0.1, -0.05) is 158 Å². The predicted molar refractivity (Wildman–Crippen MR) is 213 cm³/mol. The molecule has 7 aromatic rings. The molecular formula is C50H38. The van der Waals surface area contributed by atoms with Crippen molar-refractivity contribution in [3.05, 3.63) is 196 Å². The Morgan fingerprint density at radius 2 is 1.24 bits per heavy atom. The molecule has 0 heteroatoms. The summed E-state index contributed by atoms with van der Waals surface area (Å²) in [4.78, 5) is 0. The number of fused-ring (bicyclic) bond motifs is 5. The first-order chi connectivity index (χ1) is 24.8. The van der Waals surface area contributed by atoms with Gasteiger partial charge in [0.05, 0.1) is 0 Å². The van der Waals surface area contributed by atoms with Crippen molar-refractivity contribution in [3.8, 4) is 22.3 Å². The van der Waals surface area contributed by atoms with E-state index in [-0.39, 0.29) is 0 Å². The molecule has 0 heterocycles. The third-order valence-electron chi connectivity index (χ3n) is 11.4. The molecule has 0 spiro atoms. The lowest BCUT2D eigenvalue weighted by Gasteiger charge is -2.28. The van der Waals surface area contributed by atoms with Crippen LogP contribution in [0.4, 0.5) is 0 Å². The average Bonchev–Trinajstić information content (AvgIpc) is 3.19. The minimum atomic E-state index is 0.306. The molecule has 7 aromatic carbocycles. The summed E-state index contributed by atoms with van der Waals surface area (Å²) in [6.07, 6.45) is 17.2. The molecule has 3 aliphatic rings. The highest BCUT2D eigenvalue weighted by Crippen LogP contribution is 2.48. The van der Waals surface area contributed by atoms with Gasteiger partial charge in [-0.25, -0.2) is 0 Å². The van der Waals surface area contributed by atoms with E-state index in [0.717, 1.165) is 32.1 Å². The Bertz CT molecular complexity index is 2570. The first-order valence-corrected chi connectivity index (χ1v) is 18.2. The maximum atomic E-state index is 2.51. The molecule has 0 N–H and O–H groups in total. The molecule has 1 atom stereocenters. The molecule has 50 heavy (non-hydrogen) atoms. The third-order valence-corrected chi connectivity index (χ3v) is 11.4. The van der Waals surface area contributed by atoms with Crippen LogP contribution in [-0.4, -0.2) is 0 Å². The van der Waals surface area contributed by atoms with Crippen LogP contribution in [0.25, 0.3) is 61.5 Å². The summed E-state index contributed by atoms with van der Waals surface area (Å²) in [7, 11) is 0. The van der Waals surface area contributed by atoms with E-state index >= 15 is 0 Å². The molecule has 0 amide bonds. The van der Waals surface area contributed by atoms with Crippen LogP contribution >= 0.6 is 0 Å². The van der Waals surface area contributed by atoms with Gasteiger partial charge in [-0.2, -0.15) is 0 Å². The Hall–Kier alpha value is -5.72. The monoisotopic (exact) mass is 638 g/mol. The summed E-state index contributed by atoms with van der Waals surface area (Å²) in [5.74, 6) is 0.306. The molecule has 0 aromatic heterocycles. The van der Waals surface area contributed by atoms with Crippen LogP contribution in [0.1, 0.15) is 69.7 Å². The first-order valence-electron chi connectivity index (χ1n) is 18.2. The van der Waals surface area contributed by atoms with Crippen LogP contribution in [-0.2, 0) is 12.8 Å². The number of hydrogen-bond acceptors (Lipinski definition) is 0. The van der Waals surface area contributed by atoms with Crippen LogP contribution in [0.3, 0.4) is 0 Å². The quantitative estimate of drug-likeness (QED) is 0.180. The Kier molecular flexibility index (Phi) is 7.01. The summed E-state index contributed by atoms with van der Waals surface area (Å²) in [5, 5.41) is 5.29. The minimum Gasteiger partial charge on any atom is -0.0836 e. The summed E-state index contributed by atoms with van der Waals surface area (Å²) >= 11 is 0. The molecular weight excluding hydrogens is 601 g/mol. The second-order valence-corrected chi connectivity index (χ2v) is 14.1. The number of rotatable bonds is 4. The maximum Gasteiger partial charge on any atom is 0.0130 e. The highest BCUT2D eigenvalue weighted by Gasteiger charge is 2.26. The van der Waals surface area contributed by atoms with E-state index in [0.29, 0.717) is 5.92 Å². The van der Waals surface area contributed by atoms with Crippen molar-refractivity contribution in [3.63, 3.8) is 0 Å². The molecule has 10 rings (SSSR count). The van der Waals surface area contributed by atoms with Gasteiger partial charge < -0.3 is 0 Å². The summed E-state index contributed by atoms with van der Waals surface area (Å²) in [6.45, 7) is 0. The van der Waals surface area contributed by atoms with Crippen LogP contribution in [0, 0.1) is 0 Å². The van der Waals surface area contributed by atoms with Crippen LogP contribution < -0.4 is 0 Å². The van der Waals surface area contributed by atoms with E-state index in [1.807, 2.05) is 0 Å². The van der Waals surface area contributed by atoms with Gasteiger partial charge in [-0.05, 0) is 132 Å². The SMILES string of the molecule is C1=Cc2cccc(-c3c4c(c(-c5cccc(C6CC=C(c7ccc8ccccc8c7)c7ccccc76)c5)c5ccccc35)CCC=C4)c2CC1. The van der Waals surface area contributed by atoms with Crippen LogP contribution in [0.5, 0.6) is 0 Å². The summed E-state index contributed by atoms with van der Waals surface area (Å²) in [5.41, 5.74) is 18.1. The van der Waals surface area contributed by atoms with Gasteiger partial charge in [0.15, 0.2) is 0 Å². The maximum absolute atomic E-state index is 2.51. The molecule has 1 unspecified atom stereocenters. The Morgan fingerprint density at radius 3 is 2.16 bits per heavy atom. The lowest BCUT2D eigenvalue weighted by molar-refractivity contribution is 0.815. The van der Waals surface area contributed by atoms with Gasteiger partial charge >= 0.3 is 0 Å². The van der Waals surface area contributed by atoms with Gasteiger partial charge in [0.2, 0.25) is 0 Å². The van der Waals surface area contributed by atoms with Crippen LogP contribution in [0.15, 0.2) is 152 Å². The smallest absolute Gasteiger partial charge is 0.0130 e. The molecule has 0 bridgehead atoms. The predicted octanol–water partition coefficient (Wildman–Crippen LogP) is 13.2. The van der Waals surface area contributed by atoms with Gasteiger partial charge in [0.25, 0.3) is 0 Å². The fraction of sp³-hybridized carbons (Fsp3) is 0.120. The van der Waals surface area contributed by atoms with E-state index < -0.39 is 0 Å². The number of hydrogen-bond donors (Lipinski definition) is 0. The summed E-state index contributed by atoms with van der Waals surface area (Å²) in [6, 6.07) is 50.2. The fourth-order valence-electron chi connectivity index (χ4n) is 9.09. The van der Waals surface area contributed by atoms with Crippen molar-refractivity contribution in [2.24, 2.45) is 0 Å². The van der Waals surface area contributed by atoms with Gasteiger partial charge in [-0.3, -0.25) is 0 Å². The van der Waals surface area contributed by atoms with Crippen molar-refractivity contribution in [1.82, 2.24) is 0 Å². The molecule has 238 valence electrons. The van der Waals surface area contributed by atoms with Crippen LogP contribution in [0.2, 0.25) is 0 Å². The van der Waals surface area contributed by atoms with E-state index in [2.05, 4.69) is 164 Å². The third kappa shape index (κ3) is 4.74. The largest absolute Gasteiger partial charge is 0.0836 e. The Morgan fingerprint density at radius 1 is 0.500 bits per heavy atom. The standard InChI is InChI=1S/C50H38/c1-2-15-35-31-37(28-27-33(35)13-1)41-30-29-40(42-20-5-6-21-43(41)42)36-17-11-18-38(32-36)49-45-22-7-9-24-47(45)50(48-25-10-8-23-46(48)49)44-26-12-16-34-14-3-4-19-39(34)44/h1-3,5-7,9-18,20-22,24-28,30-32,40H,4,8,19,23,29H2. The Balaban J connectivity index is 1.12. The normalized spacial score (nSPS) is 16.2. The van der Waals surface area contributed by atoms with Crippen molar-refractivity contribution in [2.45, 2.75) is 38.0 Å². The summed E-state index contributed by atoms with van der Waals surface area (Å²) < 4.78 is 0. The Labute approximate surface area is 294 Å². The van der Waals surface area contributed by atoms with Gasteiger partial charge in [0.1, 0.15) is 0 Å².